The van der Waals surface area contributed by atoms with Gasteiger partial charge in [-0.3, -0.25) is 4.79 Å². The smallest absolute Gasteiger partial charge is 0.242 e. The lowest BCUT2D eigenvalue weighted by molar-refractivity contribution is -0.121. The summed E-state index contributed by atoms with van der Waals surface area (Å²) >= 11 is 1.37. The number of rotatable bonds is 6. The van der Waals surface area contributed by atoms with Crippen LogP contribution in [0.4, 0.5) is 0 Å². The largest absolute Gasteiger partial charge is 0.492 e. The molecule has 0 spiro atoms. The Labute approximate surface area is 111 Å². The number of hydroxylamine groups is 1. The molecule has 102 valence electrons. The summed E-state index contributed by atoms with van der Waals surface area (Å²) in [4.78, 5) is 25.6. The van der Waals surface area contributed by atoms with Crippen LogP contribution in [-0.4, -0.2) is 55.0 Å². The molecule has 0 aliphatic rings. The van der Waals surface area contributed by atoms with Gasteiger partial charge in [0.2, 0.25) is 11.8 Å². The molecule has 0 unspecified atom stereocenters. The van der Waals surface area contributed by atoms with Gasteiger partial charge in [-0.15, -0.1) is 0 Å². The average Bonchev–Trinajstić information content (AvgIpc) is 2.79. The predicted molar refractivity (Wildman–Crippen MR) is 66.9 cm³/mol. The number of aromatic hydroxyl groups is 1. The molecule has 9 nitrogen and oxygen atoms in total. The molecule has 0 fully saturated rings. The standard InChI is InChI=1S/C9H12N6O3S/c16-5(3-13-18)10-1-2-19-9-14-6-7(15-9)11-4-12-8(6)17/h4,13,18H,1-3H2,(H,10,16)(H2,11,12,14,15,17). The second-order valence-electron chi connectivity index (χ2n) is 3.47. The molecular weight excluding hydrogens is 272 g/mol. The van der Waals surface area contributed by atoms with Gasteiger partial charge in [0.25, 0.3) is 0 Å². The third-order valence-corrected chi connectivity index (χ3v) is 3.02. The fourth-order valence-corrected chi connectivity index (χ4v) is 2.06. The van der Waals surface area contributed by atoms with E-state index < -0.39 is 0 Å². The minimum Gasteiger partial charge on any atom is -0.492 e. The number of amides is 1. The van der Waals surface area contributed by atoms with Crippen molar-refractivity contribution in [3.05, 3.63) is 6.33 Å². The van der Waals surface area contributed by atoms with Gasteiger partial charge in [-0.2, -0.15) is 10.5 Å². The van der Waals surface area contributed by atoms with Crippen LogP contribution >= 0.6 is 11.8 Å². The highest BCUT2D eigenvalue weighted by Crippen LogP contribution is 2.21. The highest BCUT2D eigenvalue weighted by molar-refractivity contribution is 7.99. The molecule has 0 bridgehead atoms. The first-order valence-corrected chi connectivity index (χ1v) is 6.35. The lowest BCUT2D eigenvalue weighted by atomic mass is 10.5. The summed E-state index contributed by atoms with van der Waals surface area (Å²) in [6.45, 7) is 0.290. The number of carbonyl (C=O) groups excluding carboxylic acids is 1. The van der Waals surface area contributed by atoms with Gasteiger partial charge in [0, 0.05) is 12.3 Å². The van der Waals surface area contributed by atoms with E-state index in [0.717, 1.165) is 0 Å². The van der Waals surface area contributed by atoms with E-state index >= 15 is 0 Å². The quantitative estimate of drug-likeness (QED) is 0.265. The van der Waals surface area contributed by atoms with Gasteiger partial charge in [0.15, 0.2) is 16.3 Å². The van der Waals surface area contributed by atoms with Crippen LogP contribution in [0.25, 0.3) is 11.2 Å². The zero-order valence-electron chi connectivity index (χ0n) is 9.75. The molecule has 0 saturated heterocycles. The van der Waals surface area contributed by atoms with Crippen molar-refractivity contribution in [3.8, 4) is 5.88 Å². The Balaban J connectivity index is 1.85. The van der Waals surface area contributed by atoms with E-state index in [-0.39, 0.29) is 18.3 Å². The number of aromatic amines is 1. The molecule has 2 aromatic heterocycles. The Hall–Kier alpha value is -1.91. The minimum absolute atomic E-state index is 0.140. The number of imidazole rings is 1. The van der Waals surface area contributed by atoms with Gasteiger partial charge in [0.1, 0.15) is 6.33 Å². The minimum atomic E-state index is -0.295. The van der Waals surface area contributed by atoms with Crippen LogP contribution in [0.3, 0.4) is 0 Å². The van der Waals surface area contributed by atoms with Gasteiger partial charge in [-0.25, -0.2) is 9.97 Å². The molecule has 19 heavy (non-hydrogen) atoms. The number of nitrogens with zero attached hydrogens (tertiary/aromatic N) is 3. The Morgan fingerprint density at radius 1 is 1.47 bits per heavy atom. The highest BCUT2D eigenvalue weighted by Gasteiger charge is 2.09. The highest BCUT2D eigenvalue weighted by atomic mass is 32.2. The van der Waals surface area contributed by atoms with E-state index in [9.17, 15) is 9.90 Å². The third kappa shape index (κ3) is 3.53. The lowest BCUT2D eigenvalue weighted by Gasteiger charge is -2.02. The summed E-state index contributed by atoms with van der Waals surface area (Å²) in [5.41, 5.74) is 2.55. The van der Waals surface area contributed by atoms with Gasteiger partial charge < -0.3 is 20.6 Å². The first-order chi connectivity index (χ1) is 9.20. The molecule has 2 aromatic rings. The SMILES string of the molecule is O=C(CNO)NCCSc1nc2c(O)ncnc2[nH]1. The van der Waals surface area contributed by atoms with E-state index in [2.05, 4.69) is 25.3 Å². The Bertz CT molecular complexity index is 574. The van der Waals surface area contributed by atoms with Crippen LogP contribution in [0.2, 0.25) is 0 Å². The summed E-state index contributed by atoms with van der Waals surface area (Å²) in [7, 11) is 0. The maximum atomic E-state index is 11.0. The number of nitrogens with one attached hydrogen (secondary N) is 3. The van der Waals surface area contributed by atoms with Crippen molar-refractivity contribution in [3.63, 3.8) is 0 Å². The van der Waals surface area contributed by atoms with E-state index in [4.69, 9.17) is 5.21 Å². The lowest BCUT2D eigenvalue weighted by Crippen LogP contribution is -2.33. The molecule has 0 aliphatic carbocycles. The number of carbonyl (C=O) groups is 1. The predicted octanol–water partition coefficient (Wildman–Crippen LogP) is -0.754. The third-order valence-electron chi connectivity index (χ3n) is 2.14. The maximum absolute atomic E-state index is 11.0. The van der Waals surface area contributed by atoms with Crippen molar-refractivity contribution in [2.75, 3.05) is 18.8 Å². The molecular formula is C9H12N6O3S. The van der Waals surface area contributed by atoms with Crippen molar-refractivity contribution in [2.45, 2.75) is 5.16 Å². The Morgan fingerprint density at radius 3 is 3.05 bits per heavy atom. The molecule has 0 atom stereocenters. The van der Waals surface area contributed by atoms with Crippen LogP contribution < -0.4 is 10.8 Å². The van der Waals surface area contributed by atoms with Crippen molar-refractivity contribution in [1.29, 1.82) is 0 Å². The number of hydrogen-bond acceptors (Lipinski definition) is 8. The van der Waals surface area contributed by atoms with Gasteiger partial charge in [-0.05, 0) is 0 Å². The van der Waals surface area contributed by atoms with Crippen LogP contribution in [0.5, 0.6) is 5.88 Å². The second-order valence-corrected chi connectivity index (χ2v) is 4.55. The van der Waals surface area contributed by atoms with Gasteiger partial charge in [0.05, 0.1) is 6.54 Å². The average molecular weight is 284 g/mol. The normalized spacial score (nSPS) is 10.8. The molecule has 0 aromatic carbocycles. The molecule has 2 heterocycles. The molecule has 1 amide bonds. The number of fused-ring (bicyclic) bond motifs is 1. The number of aromatic nitrogens is 4. The zero-order valence-corrected chi connectivity index (χ0v) is 10.6. The topological polar surface area (TPSA) is 136 Å². The fourth-order valence-electron chi connectivity index (χ4n) is 1.34. The Morgan fingerprint density at radius 2 is 2.32 bits per heavy atom. The molecule has 0 aliphatic heterocycles. The first kappa shape index (κ1) is 13.5. The molecule has 0 radical (unpaired) electrons. The van der Waals surface area contributed by atoms with Crippen LogP contribution in [0.1, 0.15) is 0 Å². The first-order valence-electron chi connectivity index (χ1n) is 5.37. The maximum Gasteiger partial charge on any atom is 0.242 e. The van der Waals surface area contributed by atoms with Crippen LogP contribution in [0.15, 0.2) is 11.5 Å². The summed E-state index contributed by atoms with van der Waals surface area (Å²) < 4.78 is 0. The van der Waals surface area contributed by atoms with E-state index in [0.29, 0.717) is 28.6 Å². The van der Waals surface area contributed by atoms with Gasteiger partial charge in [-0.1, -0.05) is 11.8 Å². The zero-order chi connectivity index (χ0) is 13.7. The van der Waals surface area contributed by atoms with Crippen LogP contribution in [0, 0.1) is 0 Å². The summed E-state index contributed by atoms with van der Waals surface area (Å²) in [5.74, 6) is 0.122. The van der Waals surface area contributed by atoms with Crippen LogP contribution in [-0.2, 0) is 4.79 Å². The number of thioether (sulfide) groups is 1. The summed E-state index contributed by atoms with van der Waals surface area (Å²) in [6.07, 6.45) is 1.24. The van der Waals surface area contributed by atoms with Crippen molar-refractivity contribution in [1.82, 2.24) is 30.7 Å². The van der Waals surface area contributed by atoms with E-state index in [1.54, 1.807) is 5.48 Å². The van der Waals surface area contributed by atoms with Gasteiger partial charge >= 0.3 is 0 Å². The van der Waals surface area contributed by atoms with Crippen molar-refractivity contribution < 1.29 is 15.1 Å². The number of hydrogen-bond donors (Lipinski definition) is 5. The van der Waals surface area contributed by atoms with E-state index in [1.165, 1.54) is 18.1 Å². The van der Waals surface area contributed by atoms with Crippen molar-refractivity contribution >= 4 is 28.8 Å². The fraction of sp³-hybridized carbons (Fsp3) is 0.333. The summed E-state index contributed by atoms with van der Waals surface area (Å²) in [5, 5.41) is 20.9. The second kappa shape index (κ2) is 6.31. The molecule has 10 heteroatoms. The van der Waals surface area contributed by atoms with E-state index in [1.807, 2.05) is 0 Å². The summed E-state index contributed by atoms with van der Waals surface area (Å²) in [6, 6.07) is 0. The van der Waals surface area contributed by atoms with Crippen molar-refractivity contribution in [2.24, 2.45) is 0 Å². The molecule has 0 saturated carbocycles. The molecule has 5 N–H and O–H groups in total. The Kier molecular flexibility index (Phi) is 4.49. The monoisotopic (exact) mass is 284 g/mol. The number of H-pyrrole nitrogens is 1. The molecule has 2 rings (SSSR count).